The van der Waals surface area contributed by atoms with Gasteiger partial charge >= 0.3 is 0 Å². The van der Waals surface area contributed by atoms with Crippen LogP contribution in [-0.2, 0) is 11.2 Å². The Balaban J connectivity index is 2.42. The van der Waals surface area contributed by atoms with E-state index in [1.54, 1.807) is 6.92 Å². The van der Waals surface area contributed by atoms with E-state index >= 15 is 0 Å². The number of carbonyl (C=O) groups excluding carboxylic acids is 1. The van der Waals surface area contributed by atoms with Gasteiger partial charge in [0.15, 0.2) is 0 Å². The Morgan fingerprint density at radius 2 is 1.95 bits per heavy atom. The lowest BCUT2D eigenvalue weighted by atomic mass is 10.1. The molecule has 0 aliphatic heterocycles. The van der Waals surface area contributed by atoms with Gasteiger partial charge in [-0.1, -0.05) is 31.9 Å². The van der Waals surface area contributed by atoms with Crippen molar-refractivity contribution in [2.45, 2.75) is 52.9 Å². The van der Waals surface area contributed by atoms with Crippen molar-refractivity contribution in [3.63, 3.8) is 0 Å². The van der Waals surface area contributed by atoms with E-state index in [0.717, 1.165) is 36.5 Å². The lowest BCUT2D eigenvalue weighted by molar-refractivity contribution is -0.117. The molecular weight excluding hydrogens is 272 g/mol. The molecule has 0 N–H and O–H groups in total. The van der Waals surface area contributed by atoms with Gasteiger partial charge in [-0.2, -0.15) is 0 Å². The summed E-state index contributed by atoms with van der Waals surface area (Å²) < 4.78 is 5.72. The zero-order chi connectivity index (χ0) is 15.0. The summed E-state index contributed by atoms with van der Waals surface area (Å²) in [5.41, 5.74) is 1.21. The Kier molecular flexibility index (Phi) is 7.68. The molecule has 0 radical (unpaired) electrons. The molecular formula is C17H25ClO2. The maximum absolute atomic E-state index is 10.9. The fourth-order valence-corrected chi connectivity index (χ4v) is 2.24. The van der Waals surface area contributed by atoms with Crippen molar-refractivity contribution in [2.75, 3.05) is 6.61 Å². The Bertz CT molecular complexity index is 427. The van der Waals surface area contributed by atoms with Gasteiger partial charge in [-0.25, -0.2) is 0 Å². The SMILES string of the molecule is CC(=O)CCCCCc1cc(Cl)cc(OCC(C)C)c1. The highest BCUT2D eigenvalue weighted by molar-refractivity contribution is 6.30. The molecule has 0 saturated heterocycles. The van der Waals surface area contributed by atoms with Crippen molar-refractivity contribution >= 4 is 17.4 Å². The minimum Gasteiger partial charge on any atom is -0.493 e. The first-order valence-corrected chi connectivity index (χ1v) is 7.77. The molecule has 0 atom stereocenters. The normalized spacial score (nSPS) is 10.8. The lowest BCUT2D eigenvalue weighted by Gasteiger charge is -2.11. The third-order valence-corrected chi connectivity index (χ3v) is 3.23. The molecule has 112 valence electrons. The number of carbonyl (C=O) groups is 1. The van der Waals surface area contributed by atoms with E-state index in [0.29, 0.717) is 18.9 Å². The standard InChI is InChI=1S/C17H25ClO2/c1-13(2)12-20-17-10-15(9-16(18)11-17)8-6-4-5-7-14(3)19/h9-11,13H,4-8,12H2,1-3H3. The van der Waals surface area contributed by atoms with Crippen LogP contribution in [0.5, 0.6) is 5.75 Å². The second kappa shape index (κ2) is 9.02. The van der Waals surface area contributed by atoms with Gasteiger partial charge in [0.25, 0.3) is 0 Å². The van der Waals surface area contributed by atoms with E-state index < -0.39 is 0 Å². The van der Waals surface area contributed by atoms with Crippen molar-refractivity contribution in [3.05, 3.63) is 28.8 Å². The predicted octanol–water partition coefficient (Wildman–Crippen LogP) is 5.07. The summed E-state index contributed by atoms with van der Waals surface area (Å²) in [4.78, 5) is 10.9. The molecule has 0 saturated carbocycles. The molecule has 0 spiro atoms. The summed E-state index contributed by atoms with van der Waals surface area (Å²) >= 11 is 6.12. The molecule has 0 aromatic heterocycles. The molecule has 20 heavy (non-hydrogen) atoms. The van der Waals surface area contributed by atoms with Crippen LogP contribution >= 0.6 is 11.6 Å². The summed E-state index contributed by atoms with van der Waals surface area (Å²) in [6.07, 6.45) is 4.81. The first kappa shape index (κ1) is 17.0. The van der Waals surface area contributed by atoms with E-state index in [-0.39, 0.29) is 5.78 Å². The Hall–Kier alpha value is -1.02. The summed E-state index contributed by atoms with van der Waals surface area (Å²) in [6, 6.07) is 5.93. The van der Waals surface area contributed by atoms with Crippen molar-refractivity contribution in [2.24, 2.45) is 5.92 Å². The van der Waals surface area contributed by atoms with Crippen LogP contribution in [0.15, 0.2) is 18.2 Å². The zero-order valence-corrected chi connectivity index (χ0v) is 13.5. The third-order valence-electron chi connectivity index (χ3n) is 3.01. The van der Waals surface area contributed by atoms with Gasteiger partial charge in [0.2, 0.25) is 0 Å². The molecule has 1 aromatic rings. The number of ketones is 1. The number of rotatable bonds is 9. The zero-order valence-electron chi connectivity index (χ0n) is 12.7. The second-order valence-corrected chi connectivity index (χ2v) is 6.20. The van der Waals surface area contributed by atoms with Gasteiger partial charge in [-0.05, 0) is 55.9 Å². The summed E-state index contributed by atoms with van der Waals surface area (Å²) in [5.74, 6) is 1.63. The first-order chi connectivity index (χ1) is 9.47. The van der Waals surface area contributed by atoms with Gasteiger partial charge in [-0.15, -0.1) is 0 Å². The summed E-state index contributed by atoms with van der Waals surface area (Å²) in [5, 5.41) is 0.727. The van der Waals surface area contributed by atoms with Gasteiger partial charge in [0, 0.05) is 11.4 Å². The van der Waals surface area contributed by atoms with E-state index in [9.17, 15) is 4.79 Å². The number of unbranched alkanes of at least 4 members (excludes halogenated alkanes) is 2. The topological polar surface area (TPSA) is 26.3 Å². The van der Waals surface area contributed by atoms with Crippen LogP contribution in [-0.4, -0.2) is 12.4 Å². The molecule has 1 rings (SSSR count). The number of benzene rings is 1. The van der Waals surface area contributed by atoms with Crippen LogP contribution in [0.3, 0.4) is 0 Å². The van der Waals surface area contributed by atoms with E-state index in [4.69, 9.17) is 16.3 Å². The van der Waals surface area contributed by atoms with Crippen molar-refractivity contribution < 1.29 is 9.53 Å². The maximum Gasteiger partial charge on any atom is 0.129 e. The number of ether oxygens (including phenoxy) is 1. The van der Waals surface area contributed by atoms with Crippen LogP contribution in [0.2, 0.25) is 5.02 Å². The molecule has 0 heterocycles. The Morgan fingerprint density at radius 1 is 1.20 bits per heavy atom. The largest absolute Gasteiger partial charge is 0.493 e. The highest BCUT2D eigenvalue weighted by Gasteiger charge is 2.03. The van der Waals surface area contributed by atoms with Gasteiger partial charge in [0.05, 0.1) is 6.61 Å². The highest BCUT2D eigenvalue weighted by atomic mass is 35.5. The molecule has 2 nitrogen and oxygen atoms in total. The molecule has 0 aliphatic rings. The first-order valence-electron chi connectivity index (χ1n) is 7.39. The Morgan fingerprint density at radius 3 is 2.60 bits per heavy atom. The van der Waals surface area contributed by atoms with Crippen LogP contribution in [0.25, 0.3) is 0 Å². The monoisotopic (exact) mass is 296 g/mol. The fraction of sp³-hybridized carbons (Fsp3) is 0.588. The summed E-state index contributed by atoms with van der Waals surface area (Å²) in [6.45, 7) is 6.61. The molecule has 0 amide bonds. The number of Topliss-reactive ketones (excluding diaryl/α,β-unsaturated/α-hetero) is 1. The second-order valence-electron chi connectivity index (χ2n) is 5.76. The smallest absolute Gasteiger partial charge is 0.129 e. The number of aryl methyl sites for hydroxylation is 1. The Labute approximate surface area is 127 Å². The molecule has 0 bridgehead atoms. The van der Waals surface area contributed by atoms with Gasteiger partial charge in [-0.3, -0.25) is 0 Å². The fourth-order valence-electron chi connectivity index (χ4n) is 1.99. The molecule has 1 aromatic carbocycles. The minimum atomic E-state index is 0.275. The molecule has 0 aliphatic carbocycles. The van der Waals surface area contributed by atoms with Crippen LogP contribution in [0, 0.1) is 5.92 Å². The molecule has 0 fully saturated rings. The van der Waals surface area contributed by atoms with E-state index in [2.05, 4.69) is 19.9 Å². The van der Waals surface area contributed by atoms with E-state index in [1.807, 2.05) is 12.1 Å². The van der Waals surface area contributed by atoms with Crippen LogP contribution in [0.1, 0.15) is 52.0 Å². The lowest BCUT2D eigenvalue weighted by Crippen LogP contribution is -2.04. The molecule has 0 unspecified atom stereocenters. The quantitative estimate of drug-likeness (QED) is 0.595. The maximum atomic E-state index is 10.9. The number of hydrogen-bond acceptors (Lipinski definition) is 2. The van der Waals surface area contributed by atoms with Crippen molar-refractivity contribution in [3.8, 4) is 5.75 Å². The average molecular weight is 297 g/mol. The van der Waals surface area contributed by atoms with Gasteiger partial charge < -0.3 is 9.53 Å². The number of hydrogen-bond donors (Lipinski definition) is 0. The van der Waals surface area contributed by atoms with E-state index in [1.165, 1.54) is 5.56 Å². The van der Waals surface area contributed by atoms with Crippen LogP contribution in [0.4, 0.5) is 0 Å². The highest BCUT2D eigenvalue weighted by Crippen LogP contribution is 2.23. The van der Waals surface area contributed by atoms with Crippen molar-refractivity contribution in [1.82, 2.24) is 0 Å². The third kappa shape index (κ3) is 7.54. The van der Waals surface area contributed by atoms with Crippen LogP contribution < -0.4 is 4.74 Å². The van der Waals surface area contributed by atoms with Gasteiger partial charge in [0.1, 0.15) is 11.5 Å². The average Bonchev–Trinajstić information content (AvgIpc) is 2.35. The minimum absolute atomic E-state index is 0.275. The predicted molar refractivity (Wildman–Crippen MR) is 84.6 cm³/mol. The number of halogens is 1. The summed E-state index contributed by atoms with van der Waals surface area (Å²) in [7, 11) is 0. The van der Waals surface area contributed by atoms with Crippen molar-refractivity contribution in [1.29, 1.82) is 0 Å². The molecule has 3 heteroatoms.